The maximum atomic E-state index is 14.2. The molecule has 5 rings (SSSR count). The van der Waals surface area contributed by atoms with E-state index in [0.29, 0.717) is 49.5 Å². The smallest absolute Gasteiger partial charge is 0.296 e. The molecule has 36 heavy (non-hydrogen) atoms. The summed E-state index contributed by atoms with van der Waals surface area (Å²) >= 11 is 0. The lowest BCUT2D eigenvalue weighted by molar-refractivity contribution is -0.143. The van der Waals surface area contributed by atoms with Crippen LogP contribution in [0.2, 0.25) is 0 Å². The van der Waals surface area contributed by atoms with Crippen LogP contribution in [0, 0.1) is 6.92 Å². The Morgan fingerprint density at radius 2 is 1.69 bits per heavy atom. The number of benzene rings is 2. The topological polar surface area (TPSA) is 90.4 Å². The first-order valence-corrected chi connectivity index (χ1v) is 12.5. The number of amides is 2. The van der Waals surface area contributed by atoms with Gasteiger partial charge in [-0.2, -0.15) is 0 Å². The summed E-state index contributed by atoms with van der Waals surface area (Å²) < 4.78 is 5.42. The van der Waals surface area contributed by atoms with Crippen molar-refractivity contribution in [1.29, 1.82) is 0 Å². The van der Waals surface area contributed by atoms with Crippen molar-refractivity contribution in [3.05, 3.63) is 70.8 Å². The number of ether oxygens (including phenoxy) is 1. The molecule has 0 bridgehead atoms. The lowest BCUT2D eigenvalue weighted by atomic mass is 9.81. The minimum absolute atomic E-state index is 0.156. The maximum Gasteiger partial charge on any atom is 0.296 e. The monoisotopic (exact) mass is 489 g/mol. The van der Waals surface area contributed by atoms with E-state index in [1.807, 2.05) is 38.1 Å². The van der Waals surface area contributed by atoms with Crippen molar-refractivity contribution in [2.24, 2.45) is 0 Å². The predicted octanol–water partition coefficient (Wildman–Crippen LogP) is 2.66. The molecule has 3 aliphatic heterocycles. The highest BCUT2D eigenvalue weighted by Crippen LogP contribution is 2.53. The highest BCUT2D eigenvalue weighted by atomic mass is 16.5. The third-order valence-corrected chi connectivity index (χ3v) is 7.41. The zero-order valence-corrected chi connectivity index (χ0v) is 20.7. The van der Waals surface area contributed by atoms with Gasteiger partial charge in [-0.05, 0) is 26.3 Å². The highest BCUT2D eigenvalue weighted by molar-refractivity contribution is 6.50. The van der Waals surface area contributed by atoms with Gasteiger partial charge in [-0.25, -0.2) is 0 Å². The molecule has 0 radical (unpaired) electrons. The molecule has 0 aromatic heterocycles. The Hall–Kier alpha value is -3.49. The number of aliphatic hydroxyl groups excluding tert-OH is 1. The minimum atomic E-state index is -1.69. The van der Waals surface area contributed by atoms with Gasteiger partial charge in [0.05, 0.1) is 24.5 Å². The number of hydrogen-bond donors (Lipinski definition) is 1. The molecule has 2 amide bonds. The number of morpholine rings is 1. The Kier molecular flexibility index (Phi) is 6.40. The number of Topliss-reactive ketones (excluding diaryl/α,β-unsaturated/α-hetero) is 1. The molecule has 1 spiro atoms. The van der Waals surface area contributed by atoms with Gasteiger partial charge in [0.1, 0.15) is 5.76 Å². The van der Waals surface area contributed by atoms with E-state index in [1.165, 1.54) is 4.90 Å². The minimum Gasteiger partial charge on any atom is -0.507 e. The van der Waals surface area contributed by atoms with Gasteiger partial charge in [0.15, 0.2) is 5.54 Å². The van der Waals surface area contributed by atoms with Crippen molar-refractivity contribution in [2.45, 2.75) is 25.8 Å². The van der Waals surface area contributed by atoms with Crippen molar-refractivity contribution in [3.8, 4) is 0 Å². The van der Waals surface area contributed by atoms with Crippen LogP contribution < -0.4 is 4.90 Å². The van der Waals surface area contributed by atoms with Crippen molar-refractivity contribution >= 4 is 29.0 Å². The molecular weight excluding hydrogens is 458 g/mol. The molecule has 3 heterocycles. The highest BCUT2D eigenvalue weighted by Gasteiger charge is 2.66. The number of rotatable bonds is 6. The second-order valence-electron chi connectivity index (χ2n) is 9.46. The number of likely N-dealkylation sites (tertiary alicyclic amines) is 1. The van der Waals surface area contributed by atoms with Gasteiger partial charge < -0.3 is 19.6 Å². The van der Waals surface area contributed by atoms with E-state index in [-0.39, 0.29) is 23.8 Å². The number of ketones is 1. The largest absolute Gasteiger partial charge is 0.507 e. The standard InChI is InChI=1S/C28H31N3O5/c1-3-30-22-8-5-4-7-21(22)28(27(30)35)23(24(32)20-11-9-19(2)10-12-20)25(33)26(34)31(28)14-6-13-29-15-17-36-18-16-29/h4-5,7-12,32H,3,6,13-18H2,1-2H3/t28-/m1/s1. The number of para-hydroxylation sites is 1. The van der Waals surface area contributed by atoms with Crippen LogP contribution in [0.25, 0.3) is 5.76 Å². The number of carbonyl (C=O) groups is 3. The molecule has 3 aliphatic rings. The molecular formula is C28H31N3O5. The van der Waals surface area contributed by atoms with E-state index in [0.717, 1.165) is 18.7 Å². The van der Waals surface area contributed by atoms with Crippen LogP contribution in [0.4, 0.5) is 5.69 Å². The first-order chi connectivity index (χ1) is 17.4. The number of carbonyl (C=O) groups excluding carboxylic acids is 3. The van der Waals surface area contributed by atoms with Gasteiger partial charge >= 0.3 is 0 Å². The molecule has 0 saturated carbocycles. The van der Waals surface area contributed by atoms with Gasteiger partial charge in [-0.3, -0.25) is 19.3 Å². The average molecular weight is 490 g/mol. The van der Waals surface area contributed by atoms with Crippen molar-refractivity contribution in [2.75, 3.05) is 50.8 Å². The molecule has 8 heteroatoms. The van der Waals surface area contributed by atoms with Crippen LogP contribution in [-0.4, -0.2) is 78.4 Å². The van der Waals surface area contributed by atoms with E-state index in [2.05, 4.69) is 4.90 Å². The molecule has 188 valence electrons. The third kappa shape index (κ3) is 3.63. The van der Waals surface area contributed by atoms with Gasteiger partial charge in [-0.15, -0.1) is 0 Å². The molecule has 0 aliphatic carbocycles. The van der Waals surface area contributed by atoms with Crippen LogP contribution in [-0.2, 0) is 24.7 Å². The number of hydrogen-bond acceptors (Lipinski definition) is 6. The van der Waals surface area contributed by atoms with E-state index >= 15 is 0 Å². The zero-order valence-electron chi connectivity index (χ0n) is 20.7. The van der Waals surface area contributed by atoms with Crippen molar-refractivity contribution < 1.29 is 24.2 Å². The van der Waals surface area contributed by atoms with E-state index in [4.69, 9.17) is 4.74 Å². The molecule has 2 aromatic carbocycles. The maximum absolute atomic E-state index is 14.2. The summed E-state index contributed by atoms with van der Waals surface area (Å²) in [6, 6.07) is 14.3. The number of fused-ring (bicyclic) bond motifs is 2. The Labute approximate surface area is 210 Å². The summed E-state index contributed by atoms with van der Waals surface area (Å²) in [5.74, 6) is -2.30. The summed E-state index contributed by atoms with van der Waals surface area (Å²) in [5.41, 5.74) is 0.740. The van der Waals surface area contributed by atoms with Crippen molar-refractivity contribution in [1.82, 2.24) is 9.80 Å². The summed E-state index contributed by atoms with van der Waals surface area (Å²) in [6.07, 6.45) is 0.584. The lowest BCUT2D eigenvalue weighted by Crippen LogP contribution is -2.52. The first-order valence-electron chi connectivity index (χ1n) is 12.5. The van der Waals surface area contributed by atoms with Gasteiger partial charge in [0, 0.05) is 43.9 Å². The molecule has 1 N–H and O–H groups in total. The summed E-state index contributed by atoms with van der Waals surface area (Å²) in [5, 5.41) is 11.5. The fourth-order valence-corrected chi connectivity index (χ4v) is 5.61. The van der Waals surface area contributed by atoms with Crippen LogP contribution >= 0.6 is 0 Å². The van der Waals surface area contributed by atoms with E-state index < -0.39 is 17.2 Å². The fraction of sp³-hybridized carbons (Fsp3) is 0.393. The number of aryl methyl sites for hydroxylation is 1. The zero-order chi connectivity index (χ0) is 25.4. The predicted molar refractivity (Wildman–Crippen MR) is 135 cm³/mol. The Balaban J connectivity index is 1.64. The summed E-state index contributed by atoms with van der Waals surface area (Å²) in [4.78, 5) is 46.5. The summed E-state index contributed by atoms with van der Waals surface area (Å²) in [6.45, 7) is 8.03. The van der Waals surface area contributed by atoms with Gasteiger partial charge in [-0.1, -0.05) is 48.0 Å². The van der Waals surface area contributed by atoms with Gasteiger partial charge in [0.2, 0.25) is 0 Å². The van der Waals surface area contributed by atoms with E-state index in [1.54, 1.807) is 29.2 Å². The van der Waals surface area contributed by atoms with Crippen molar-refractivity contribution in [3.63, 3.8) is 0 Å². The molecule has 0 unspecified atom stereocenters. The Morgan fingerprint density at radius 3 is 2.39 bits per heavy atom. The van der Waals surface area contributed by atoms with Crippen LogP contribution in [0.1, 0.15) is 30.0 Å². The second kappa shape index (κ2) is 9.52. The normalized spacial score (nSPS) is 23.7. The van der Waals surface area contributed by atoms with E-state index in [9.17, 15) is 19.5 Å². The Bertz CT molecular complexity index is 1230. The first kappa shape index (κ1) is 24.2. The average Bonchev–Trinajstić information content (AvgIpc) is 3.27. The molecule has 2 saturated heterocycles. The van der Waals surface area contributed by atoms with Crippen LogP contribution in [0.3, 0.4) is 0 Å². The number of nitrogens with zero attached hydrogens (tertiary/aromatic N) is 3. The second-order valence-corrected chi connectivity index (χ2v) is 9.46. The van der Waals surface area contributed by atoms with Crippen LogP contribution in [0.5, 0.6) is 0 Å². The number of aliphatic hydroxyl groups is 1. The Morgan fingerprint density at radius 1 is 1.00 bits per heavy atom. The van der Waals surface area contributed by atoms with Gasteiger partial charge in [0.25, 0.3) is 17.6 Å². The number of anilines is 1. The quantitative estimate of drug-likeness (QED) is 0.381. The third-order valence-electron chi connectivity index (χ3n) is 7.41. The fourth-order valence-electron chi connectivity index (χ4n) is 5.61. The molecule has 1 atom stereocenters. The summed E-state index contributed by atoms with van der Waals surface area (Å²) in [7, 11) is 0. The lowest BCUT2D eigenvalue weighted by Gasteiger charge is -2.35. The molecule has 8 nitrogen and oxygen atoms in total. The number of likely N-dealkylation sites (N-methyl/N-ethyl adjacent to an activating group) is 1. The molecule has 2 aromatic rings. The SMILES string of the molecule is CCN1C(=O)[C@]2(C(=C(O)c3ccc(C)cc3)C(=O)C(=O)N2CCCN2CCOCC2)c2ccccc21. The molecule has 2 fully saturated rings. The van der Waals surface area contributed by atoms with Crippen LogP contribution in [0.15, 0.2) is 54.1 Å².